The lowest BCUT2D eigenvalue weighted by atomic mass is 9.93. The molecule has 0 N–H and O–H groups in total. The summed E-state index contributed by atoms with van der Waals surface area (Å²) in [6, 6.07) is 4.83. The standard InChI is InChI=1S/C21H26N2O5S/c1-6-27-15-8-7-14(11-16(15)26-5)19-18(20(25)28-12(2)3)13(4)22-21-23(19)17(24)9-10-29-21/h7-8,11-12,19H,6,9-10H2,1-5H3/t19-/m0/s1. The van der Waals surface area contributed by atoms with Crippen molar-refractivity contribution in [2.45, 2.75) is 46.3 Å². The molecule has 0 aliphatic carbocycles. The highest BCUT2D eigenvalue weighted by Gasteiger charge is 2.42. The van der Waals surface area contributed by atoms with Gasteiger partial charge in [0.05, 0.1) is 37.1 Å². The van der Waals surface area contributed by atoms with Crippen molar-refractivity contribution in [1.82, 2.24) is 4.90 Å². The number of thioether (sulfide) groups is 1. The van der Waals surface area contributed by atoms with Crippen LogP contribution in [-0.2, 0) is 14.3 Å². The van der Waals surface area contributed by atoms with Gasteiger partial charge in [-0.1, -0.05) is 17.8 Å². The van der Waals surface area contributed by atoms with Crippen LogP contribution in [-0.4, -0.2) is 47.5 Å². The van der Waals surface area contributed by atoms with E-state index in [4.69, 9.17) is 14.2 Å². The summed E-state index contributed by atoms with van der Waals surface area (Å²) < 4.78 is 16.6. The van der Waals surface area contributed by atoms with Crippen molar-refractivity contribution >= 4 is 28.8 Å². The lowest BCUT2D eigenvalue weighted by Gasteiger charge is -2.39. The largest absolute Gasteiger partial charge is 0.493 e. The van der Waals surface area contributed by atoms with E-state index in [9.17, 15) is 9.59 Å². The fraction of sp³-hybridized carbons (Fsp3) is 0.476. The summed E-state index contributed by atoms with van der Waals surface area (Å²) in [6.45, 7) is 7.76. The minimum absolute atomic E-state index is 0.0669. The fourth-order valence-electron chi connectivity index (χ4n) is 3.38. The summed E-state index contributed by atoms with van der Waals surface area (Å²) in [5.41, 5.74) is 1.66. The van der Waals surface area contributed by atoms with Gasteiger partial charge in [-0.3, -0.25) is 9.69 Å². The molecule has 0 spiro atoms. The molecule has 0 radical (unpaired) electrons. The first-order chi connectivity index (χ1) is 13.9. The van der Waals surface area contributed by atoms with Crippen molar-refractivity contribution in [1.29, 1.82) is 0 Å². The quantitative estimate of drug-likeness (QED) is 0.656. The molecule has 1 saturated heterocycles. The number of hydrogen-bond acceptors (Lipinski definition) is 7. The van der Waals surface area contributed by atoms with Crippen LogP contribution in [0.5, 0.6) is 11.5 Å². The van der Waals surface area contributed by atoms with Crippen LogP contribution >= 0.6 is 11.8 Å². The summed E-state index contributed by atoms with van der Waals surface area (Å²) in [7, 11) is 1.56. The highest BCUT2D eigenvalue weighted by molar-refractivity contribution is 8.14. The van der Waals surface area contributed by atoms with Gasteiger partial charge in [-0.25, -0.2) is 9.79 Å². The van der Waals surface area contributed by atoms with Gasteiger partial charge in [0.25, 0.3) is 0 Å². The van der Waals surface area contributed by atoms with Crippen LogP contribution in [0, 0.1) is 0 Å². The zero-order chi connectivity index (χ0) is 21.1. The van der Waals surface area contributed by atoms with Gasteiger partial charge in [0.15, 0.2) is 16.7 Å². The smallest absolute Gasteiger partial charge is 0.338 e. The number of nitrogens with zero attached hydrogens (tertiary/aromatic N) is 2. The van der Waals surface area contributed by atoms with E-state index in [1.165, 1.54) is 11.8 Å². The monoisotopic (exact) mass is 418 g/mol. The number of benzene rings is 1. The Morgan fingerprint density at radius 1 is 1.34 bits per heavy atom. The van der Waals surface area contributed by atoms with Gasteiger partial charge >= 0.3 is 5.97 Å². The molecule has 0 saturated carbocycles. The summed E-state index contributed by atoms with van der Waals surface area (Å²) in [4.78, 5) is 31.9. The number of aliphatic imine (C=N–C) groups is 1. The van der Waals surface area contributed by atoms with E-state index < -0.39 is 12.0 Å². The number of amides is 1. The van der Waals surface area contributed by atoms with Gasteiger partial charge < -0.3 is 14.2 Å². The Balaban J connectivity index is 2.14. The molecular weight excluding hydrogens is 392 g/mol. The molecule has 29 heavy (non-hydrogen) atoms. The molecule has 1 aromatic carbocycles. The van der Waals surface area contributed by atoms with Crippen molar-refractivity contribution in [3.63, 3.8) is 0 Å². The van der Waals surface area contributed by atoms with Crippen LogP contribution < -0.4 is 9.47 Å². The number of fused-ring (bicyclic) bond motifs is 1. The van der Waals surface area contributed by atoms with Crippen molar-refractivity contribution in [2.24, 2.45) is 4.99 Å². The van der Waals surface area contributed by atoms with E-state index in [1.807, 2.05) is 13.0 Å². The second kappa shape index (κ2) is 8.90. The van der Waals surface area contributed by atoms with Gasteiger partial charge in [-0.05, 0) is 45.4 Å². The van der Waals surface area contributed by atoms with Crippen LogP contribution in [0.1, 0.15) is 45.7 Å². The fourth-order valence-corrected chi connectivity index (χ4v) is 4.39. The van der Waals surface area contributed by atoms with Crippen molar-refractivity contribution in [3.05, 3.63) is 35.0 Å². The zero-order valence-electron chi connectivity index (χ0n) is 17.4. The van der Waals surface area contributed by atoms with Crippen molar-refractivity contribution < 1.29 is 23.8 Å². The van der Waals surface area contributed by atoms with Crippen molar-refractivity contribution in [3.8, 4) is 11.5 Å². The number of carbonyl (C=O) groups is 2. The molecule has 0 bridgehead atoms. The van der Waals surface area contributed by atoms with Crippen molar-refractivity contribution in [2.75, 3.05) is 19.5 Å². The molecule has 1 amide bonds. The van der Waals surface area contributed by atoms with Gasteiger partial charge in [-0.2, -0.15) is 0 Å². The molecule has 0 unspecified atom stereocenters. The molecule has 2 heterocycles. The van der Waals surface area contributed by atoms with E-state index in [2.05, 4.69) is 4.99 Å². The predicted octanol–water partition coefficient (Wildman–Crippen LogP) is 3.70. The Morgan fingerprint density at radius 2 is 2.10 bits per heavy atom. The molecule has 156 valence electrons. The number of methoxy groups -OCH3 is 1. The summed E-state index contributed by atoms with van der Waals surface area (Å²) in [6.07, 6.45) is 0.107. The van der Waals surface area contributed by atoms with Gasteiger partial charge in [0.2, 0.25) is 5.91 Å². The molecule has 8 heteroatoms. The maximum Gasteiger partial charge on any atom is 0.338 e. The van der Waals surface area contributed by atoms with Crippen LogP contribution in [0.25, 0.3) is 0 Å². The SMILES string of the molecule is CCOc1ccc([C@H]2C(C(=O)OC(C)C)=C(C)N=C3SCCC(=O)N32)cc1OC. The molecule has 2 aliphatic rings. The van der Waals surface area contributed by atoms with E-state index in [0.29, 0.717) is 46.7 Å². The first-order valence-electron chi connectivity index (χ1n) is 9.63. The Hall–Kier alpha value is -2.48. The van der Waals surface area contributed by atoms with E-state index in [0.717, 1.165) is 5.56 Å². The number of esters is 1. The van der Waals surface area contributed by atoms with Crippen LogP contribution in [0.4, 0.5) is 0 Å². The second-order valence-electron chi connectivity index (χ2n) is 6.96. The second-order valence-corrected chi connectivity index (χ2v) is 8.02. The summed E-state index contributed by atoms with van der Waals surface area (Å²) >= 11 is 1.51. The Bertz CT molecular complexity index is 878. The van der Waals surface area contributed by atoms with Crippen LogP contribution in [0.15, 0.2) is 34.5 Å². The van der Waals surface area contributed by atoms with Crippen LogP contribution in [0.3, 0.4) is 0 Å². The van der Waals surface area contributed by atoms with E-state index in [-0.39, 0.29) is 12.0 Å². The molecule has 7 nitrogen and oxygen atoms in total. The molecule has 3 rings (SSSR count). The number of carbonyl (C=O) groups excluding carboxylic acids is 2. The maximum absolute atomic E-state index is 13.0. The number of allylic oxidation sites excluding steroid dienone is 1. The number of ether oxygens (including phenoxy) is 3. The topological polar surface area (TPSA) is 77.4 Å². The van der Waals surface area contributed by atoms with Gasteiger partial charge in [-0.15, -0.1) is 0 Å². The highest BCUT2D eigenvalue weighted by Crippen LogP contribution is 2.42. The average molecular weight is 419 g/mol. The molecule has 1 aromatic rings. The van der Waals surface area contributed by atoms with Gasteiger partial charge in [0, 0.05) is 12.2 Å². The van der Waals surface area contributed by atoms with E-state index in [1.54, 1.807) is 44.9 Å². The Kier molecular flexibility index (Phi) is 6.52. The lowest BCUT2D eigenvalue weighted by Crippen LogP contribution is -2.46. The third-order valence-electron chi connectivity index (χ3n) is 4.57. The van der Waals surface area contributed by atoms with Crippen LogP contribution in [0.2, 0.25) is 0 Å². The number of rotatable bonds is 6. The molecular formula is C21H26N2O5S. The first kappa shape index (κ1) is 21.2. The minimum Gasteiger partial charge on any atom is -0.493 e. The summed E-state index contributed by atoms with van der Waals surface area (Å²) in [5.74, 6) is 1.28. The first-order valence-corrected chi connectivity index (χ1v) is 10.6. The zero-order valence-corrected chi connectivity index (χ0v) is 18.2. The number of hydrogen-bond donors (Lipinski definition) is 0. The number of amidine groups is 1. The highest BCUT2D eigenvalue weighted by atomic mass is 32.2. The molecule has 1 atom stereocenters. The third-order valence-corrected chi connectivity index (χ3v) is 5.53. The lowest BCUT2D eigenvalue weighted by molar-refractivity contribution is -0.143. The maximum atomic E-state index is 13.0. The van der Waals surface area contributed by atoms with E-state index >= 15 is 0 Å². The molecule has 2 aliphatic heterocycles. The summed E-state index contributed by atoms with van der Waals surface area (Å²) in [5, 5.41) is 0.609. The minimum atomic E-state index is -0.626. The third kappa shape index (κ3) is 4.27. The molecule has 1 fully saturated rings. The van der Waals surface area contributed by atoms with Gasteiger partial charge in [0.1, 0.15) is 0 Å². The normalized spacial score (nSPS) is 19.1. The Labute approximate surface area is 175 Å². The predicted molar refractivity (Wildman–Crippen MR) is 112 cm³/mol. The average Bonchev–Trinajstić information content (AvgIpc) is 2.67. The molecule has 0 aromatic heterocycles. The Morgan fingerprint density at radius 3 is 2.76 bits per heavy atom.